The summed E-state index contributed by atoms with van der Waals surface area (Å²) in [5, 5.41) is 13.7. The number of alkyl halides is 3. The average molecular weight is 450 g/mol. The molecule has 0 unspecified atom stereocenters. The van der Waals surface area contributed by atoms with Crippen LogP contribution in [0.4, 0.5) is 18.9 Å². The van der Waals surface area contributed by atoms with E-state index in [-0.39, 0.29) is 28.0 Å². The van der Waals surface area contributed by atoms with Gasteiger partial charge in [-0.05, 0) is 32.3 Å². The average Bonchev–Trinajstić information content (AvgIpc) is 3.15. The summed E-state index contributed by atoms with van der Waals surface area (Å²) in [6.45, 7) is 0.978. The molecule has 6 nitrogen and oxygen atoms in total. The Morgan fingerprint density at radius 1 is 1.06 bits per heavy atom. The molecule has 2 aromatic heterocycles. The van der Waals surface area contributed by atoms with E-state index in [0.29, 0.717) is 29.9 Å². The Morgan fingerprint density at radius 2 is 1.79 bits per heavy atom. The fourth-order valence-electron chi connectivity index (χ4n) is 3.66. The Bertz CT molecular complexity index is 1350. The van der Waals surface area contributed by atoms with Gasteiger partial charge in [0.1, 0.15) is 6.07 Å². The Morgan fingerprint density at radius 3 is 2.42 bits per heavy atom. The lowest BCUT2D eigenvalue weighted by molar-refractivity contribution is -0.136. The van der Waals surface area contributed by atoms with E-state index in [0.717, 1.165) is 6.07 Å². The summed E-state index contributed by atoms with van der Waals surface area (Å²) in [7, 11) is 3.77. The van der Waals surface area contributed by atoms with Crippen molar-refractivity contribution < 1.29 is 13.2 Å². The molecule has 0 amide bonds. The molecular formula is C24H21F3N6. The Labute approximate surface area is 188 Å². The number of nitriles is 1. The van der Waals surface area contributed by atoms with E-state index in [1.54, 1.807) is 41.1 Å². The summed E-state index contributed by atoms with van der Waals surface area (Å²) >= 11 is 0. The molecule has 0 saturated carbocycles. The van der Waals surface area contributed by atoms with Gasteiger partial charge in [0.2, 0.25) is 0 Å². The van der Waals surface area contributed by atoms with Crippen LogP contribution in [0.15, 0.2) is 54.6 Å². The predicted molar refractivity (Wildman–Crippen MR) is 121 cm³/mol. The minimum Gasteiger partial charge on any atom is -0.398 e. The number of hydrogen-bond acceptors (Lipinski definition) is 5. The summed E-state index contributed by atoms with van der Waals surface area (Å²) in [5.74, 6) is 0. The zero-order chi connectivity index (χ0) is 23.8. The molecule has 9 heteroatoms. The molecule has 0 bridgehead atoms. The van der Waals surface area contributed by atoms with Gasteiger partial charge in [0.25, 0.3) is 0 Å². The highest BCUT2D eigenvalue weighted by atomic mass is 19.4. The Balaban J connectivity index is 2.02. The molecule has 168 valence electrons. The third kappa shape index (κ3) is 4.38. The van der Waals surface area contributed by atoms with E-state index in [2.05, 4.69) is 10.1 Å². The van der Waals surface area contributed by atoms with E-state index in [1.807, 2.05) is 25.1 Å². The smallest absolute Gasteiger partial charge is 0.398 e. The van der Waals surface area contributed by atoms with Crippen molar-refractivity contribution in [2.24, 2.45) is 0 Å². The lowest BCUT2D eigenvalue weighted by atomic mass is 10.0. The van der Waals surface area contributed by atoms with Gasteiger partial charge < -0.3 is 10.6 Å². The van der Waals surface area contributed by atoms with Crippen LogP contribution in [-0.4, -0.2) is 40.3 Å². The second-order valence-electron chi connectivity index (χ2n) is 7.91. The number of rotatable bonds is 5. The molecule has 0 spiro atoms. The quantitative estimate of drug-likeness (QED) is 0.442. The highest BCUT2D eigenvalue weighted by Crippen LogP contribution is 2.41. The topological polar surface area (TPSA) is 83.8 Å². The third-order valence-electron chi connectivity index (χ3n) is 5.29. The van der Waals surface area contributed by atoms with Crippen molar-refractivity contribution in [3.05, 3.63) is 65.7 Å². The molecule has 0 aliphatic heterocycles. The molecule has 2 aromatic carbocycles. The maximum atomic E-state index is 14.3. The standard InChI is InChI=1S/C24H21F3N6/c1-32(2)10-11-33-22(15-6-4-3-5-7-15)21-18(24(25,26)27)13-20(30-23(21)31-33)16-8-9-19(29)17(12-16)14-28/h3-9,12-13H,10-11,29H2,1-2H3. The maximum absolute atomic E-state index is 14.3. The first-order valence-electron chi connectivity index (χ1n) is 10.2. The highest BCUT2D eigenvalue weighted by Gasteiger charge is 2.36. The summed E-state index contributed by atoms with van der Waals surface area (Å²) < 4.78 is 44.5. The second kappa shape index (κ2) is 8.56. The van der Waals surface area contributed by atoms with E-state index in [9.17, 15) is 18.4 Å². The van der Waals surface area contributed by atoms with E-state index < -0.39 is 11.7 Å². The number of aromatic nitrogens is 3. The normalized spacial score (nSPS) is 11.8. The molecule has 0 aliphatic rings. The highest BCUT2D eigenvalue weighted by molar-refractivity contribution is 5.95. The van der Waals surface area contributed by atoms with Gasteiger partial charge in [-0.15, -0.1) is 0 Å². The number of nitrogens with zero attached hydrogens (tertiary/aromatic N) is 5. The number of nitrogens with two attached hydrogens (primary N) is 1. The van der Waals surface area contributed by atoms with Crippen molar-refractivity contribution in [2.45, 2.75) is 12.7 Å². The van der Waals surface area contributed by atoms with Crippen LogP contribution >= 0.6 is 0 Å². The van der Waals surface area contributed by atoms with Crippen molar-refractivity contribution in [1.82, 2.24) is 19.7 Å². The SMILES string of the molecule is CN(C)CCn1nc2nc(-c3ccc(N)c(C#N)c3)cc(C(F)(F)F)c2c1-c1ccccc1. The lowest BCUT2D eigenvalue weighted by Gasteiger charge is -2.14. The van der Waals surface area contributed by atoms with Crippen LogP contribution in [0.2, 0.25) is 0 Å². The number of pyridine rings is 1. The van der Waals surface area contributed by atoms with Crippen molar-refractivity contribution in [3.8, 4) is 28.6 Å². The summed E-state index contributed by atoms with van der Waals surface area (Å²) in [5.41, 5.74) is 6.78. The molecule has 4 rings (SSSR count). The predicted octanol–water partition coefficient (Wildman–Crippen LogP) is 4.80. The van der Waals surface area contributed by atoms with E-state index in [1.165, 1.54) is 12.1 Å². The molecule has 0 saturated heterocycles. The van der Waals surface area contributed by atoms with E-state index in [4.69, 9.17) is 5.73 Å². The first-order chi connectivity index (χ1) is 15.7. The zero-order valence-electron chi connectivity index (χ0n) is 18.1. The molecule has 0 aliphatic carbocycles. The monoisotopic (exact) mass is 450 g/mol. The Kier molecular flexibility index (Phi) is 5.78. The van der Waals surface area contributed by atoms with Crippen LogP contribution in [0.1, 0.15) is 11.1 Å². The van der Waals surface area contributed by atoms with Crippen molar-refractivity contribution in [2.75, 3.05) is 26.4 Å². The number of halogens is 3. The number of likely N-dealkylation sites (N-methyl/N-ethyl adjacent to an activating group) is 1. The van der Waals surface area contributed by atoms with Gasteiger partial charge in [-0.2, -0.15) is 23.5 Å². The number of fused-ring (bicyclic) bond motifs is 1. The molecule has 0 fully saturated rings. The summed E-state index contributed by atoms with van der Waals surface area (Å²) in [6, 6.07) is 16.3. The Hall–Kier alpha value is -3.90. The van der Waals surface area contributed by atoms with Gasteiger partial charge in [-0.3, -0.25) is 4.68 Å². The molecule has 4 aromatic rings. The van der Waals surface area contributed by atoms with Crippen LogP contribution < -0.4 is 5.73 Å². The van der Waals surface area contributed by atoms with Gasteiger partial charge in [-0.1, -0.05) is 36.4 Å². The molecule has 0 atom stereocenters. The molecule has 33 heavy (non-hydrogen) atoms. The minimum atomic E-state index is -4.64. The van der Waals surface area contributed by atoms with Crippen LogP contribution in [-0.2, 0) is 12.7 Å². The fraction of sp³-hybridized carbons (Fsp3) is 0.208. The number of benzene rings is 2. The summed E-state index contributed by atoms with van der Waals surface area (Å²) in [6.07, 6.45) is -4.64. The number of hydrogen-bond donors (Lipinski definition) is 1. The van der Waals surface area contributed by atoms with Crippen LogP contribution in [0.5, 0.6) is 0 Å². The van der Waals surface area contributed by atoms with Crippen LogP contribution in [0, 0.1) is 11.3 Å². The molecule has 2 heterocycles. The first-order valence-corrected chi connectivity index (χ1v) is 10.2. The second-order valence-corrected chi connectivity index (χ2v) is 7.91. The van der Waals surface area contributed by atoms with Gasteiger partial charge in [-0.25, -0.2) is 4.98 Å². The van der Waals surface area contributed by atoms with E-state index >= 15 is 0 Å². The van der Waals surface area contributed by atoms with Crippen molar-refractivity contribution in [1.29, 1.82) is 5.26 Å². The summed E-state index contributed by atoms with van der Waals surface area (Å²) in [4.78, 5) is 6.40. The van der Waals surface area contributed by atoms with Gasteiger partial charge in [0.05, 0.1) is 34.4 Å². The van der Waals surface area contributed by atoms with Crippen LogP contribution in [0.25, 0.3) is 33.5 Å². The van der Waals surface area contributed by atoms with Crippen molar-refractivity contribution >= 4 is 16.7 Å². The molecular weight excluding hydrogens is 429 g/mol. The first kappa shape index (κ1) is 22.3. The maximum Gasteiger partial charge on any atom is 0.417 e. The zero-order valence-corrected chi connectivity index (χ0v) is 18.1. The van der Waals surface area contributed by atoms with Crippen LogP contribution in [0.3, 0.4) is 0 Å². The fourth-order valence-corrected chi connectivity index (χ4v) is 3.66. The van der Waals surface area contributed by atoms with Gasteiger partial charge in [0.15, 0.2) is 5.65 Å². The largest absolute Gasteiger partial charge is 0.417 e. The lowest BCUT2D eigenvalue weighted by Crippen LogP contribution is -2.19. The molecule has 0 radical (unpaired) electrons. The van der Waals surface area contributed by atoms with Gasteiger partial charge >= 0.3 is 6.18 Å². The number of nitrogen functional groups attached to an aromatic ring is 1. The van der Waals surface area contributed by atoms with Gasteiger partial charge in [0, 0.05) is 23.4 Å². The number of anilines is 1. The molecule has 2 N–H and O–H groups in total. The third-order valence-corrected chi connectivity index (χ3v) is 5.29. The van der Waals surface area contributed by atoms with Crippen molar-refractivity contribution in [3.63, 3.8) is 0 Å². The minimum absolute atomic E-state index is 0.00670.